The maximum absolute atomic E-state index is 13.3. The van der Waals surface area contributed by atoms with Crippen molar-refractivity contribution in [3.05, 3.63) is 45.0 Å². The first kappa shape index (κ1) is 20.3. The van der Waals surface area contributed by atoms with Gasteiger partial charge in [-0.15, -0.1) is 11.3 Å². The molecular weight excluding hydrogens is 406 g/mol. The van der Waals surface area contributed by atoms with E-state index in [1.165, 1.54) is 41.7 Å². The molecule has 0 spiro atoms. The normalized spacial score (nSPS) is 27.2. The van der Waals surface area contributed by atoms with Crippen molar-refractivity contribution in [1.82, 2.24) is 10.3 Å². The Hall–Kier alpha value is -1.93. The molecule has 2 aliphatic rings. The smallest absolute Gasteiger partial charge is 0.270 e. The van der Waals surface area contributed by atoms with Crippen molar-refractivity contribution in [3.63, 3.8) is 0 Å². The Morgan fingerprint density at radius 2 is 2.14 bits per heavy atom. The van der Waals surface area contributed by atoms with Crippen LogP contribution in [0.4, 0.5) is 5.69 Å². The summed E-state index contributed by atoms with van der Waals surface area (Å²) in [6, 6.07) is 4.57. The number of hydrogen-bond acceptors (Lipinski definition) is 6. The van der Waals surface area contributed by atoms with Crippen LogP contribution in [0.3, 0.4) is 0 Å². The summed E-state index contributed by atoms with van der Waals surface area (Å²) in [6.45, 7) is 8.79. The molecule has 1 N–H and O–H groups in total. The number of carbonyl (C=O) groups is 1. The fraction of sp³-hybridized carbons (Fsp3) is 0.524. The summed E-state index contributed by atoms with van der Waals surface area (Å²) < 4.78 is 0.818. The van der Waals surface area contributed by atoms with Crippen LogP contribution >= 0.6 is 23.1 Å². The molecule has 1 heterocycles. The van der Waals surface area contributed by atoms with Gasteiger partial charge in [0.05, 0.1) is 10.5 Å². The lowest BCUT2D eigenvalue weighted by Crippen LogP contribution is -2.47. The molecule has 1 amide bonds. The minimum absolute atomic E-state index is 0.0494. The molecule has 8 heteroatoms. The number of aromatic nitrogens is 1. The van der Waals surface area contributed by atoms with Gasteiger partial charge in [0.2, 0.25) is 0 Å². The van der Waals surface area contributed by atoms with Crippen LogP contribution < -0.4 is 5.32 Å². The fourth-order valence-corrected chi connectivity index (χ4v) is 6.93. The molecule has 2 fully saturated rings. The summed E-state index contributed by atoms with van der Waals surface area (Å²) in [4.78, 5) is 29.2. The topological polar surface area (TPSA) is 85.1 Å². The van der Waals surface area contributed by atoms with Crippen LogP contribution in [0.25, 0.3) is 0 Å². The number of thiazole rings is 1. The van der Waals surface area contributed by atoms with Crippen molar-refractivity contribution in [3.8, 4) is 0 Å². The second-order valence-electron chi connectivity index (χ2n) is 8.93. The van der Waals surface area contributed by atoms with Crippen LogP contribution in [0.5, 0.6) is 0 Å². The van der Waals surface area contributed by atoms with Gasteiger partial charge in [0.15, 0.2) is 4.34 Å². The van der Waals surface area contributed by atoms with Crippen molar-refractivity contribution < 1.29 is 9.72 Å². The van der Waals surface area contributed by atoms with Crippen molar-refractivity contribution in [2.24, 2.45) is 16.7 Å². The highest BCUT2D eigenvalue weighted by Gasteiger charge is 2.61. The number of aryl methyl sites for hydroxylation is 1. The van der Waals surface area contributed by atoms with E-state index in [0.29, 0.717) is 16.4 Å². The quantitative estimate of drug-likeness (QED) is 0.502. The SMILES string of the molecule is Cc1csc(Sc2ccc([N+](=O)[O-])cc2C(=O)NC2CC3CCC2(C)C3(C)C)n1. The lowest BCUT2D eigenvalue weighted by Gasteiger charge is -2.39. The number of benzene rings is 1. The third-order valence-corrected chi connectivity index (χ3v) is 9.45. The average molecular weight is 432 g/mol. The molecule has 2 bridgehead atoms. The molecule has 6 nitrogen and oxygen atoms in total. The minimum Gasteiger partial charge on any atom is -0.349 e. The zero-order valence-corrected chi connectivity index (χ0v) is 18.7. The van der Waals surface area contributed by atoms with E-state index in [2.05, 4.69) is 31.1 Å². The van der Waals surface area contributed by atoms with E-state index in [1.807, 2.05) is 12.3 Å². The van der Waals surface area contributed by atoms with Gasteiger partial charge >= 0.3 is 0 Å². The molecule has 3 unspecified atom stereocenters. The van der Waals surface area contributed by atoms with Crippen LogP contribution in [-0.4, -0.2) is 21.9 Å². The molecule has 154 valence electrons. The Kier molecular flexibility index (Phi) is 4.98. The third kappa shape index (κ3) is 3.36. The van der Waals surface area contributed by atoms with Crippen LogP contribution in [0, 0.1) is 33.8 Å². The summed E-state index contributed by atoms with van der Waals surface area (Å²) in [6.07, 6.45) is 3.28. The van der Waals surface area contributed by atoms with Crippen molar-refractivity contribution in [2.75, 3.05) is 0 Å². The zero-order valence-electron chi connectivity index (χ0n) is 17.0. The molecule has 2 saturated carbocycles. The first-order valence-corrected chi connectivity index (χ1v) is 11.5. The van der Waals surface area contributed by atoms with Gasteiger partial charge in [-0.05, 0) is 49.0 Å². The van der Waals surface area contributed by atoms with Gasteiger partial charge in [0, 0.05) is 34.1 Å². The van der Waals surface area contributed by atoms with E-state index in [0.717, 1.165) is 22.9 Å². The summed E-state index contributed by atoms with van der Waals surface area (Å²) in [7, 11) is 0. The second kappa shape index (κ2) is 7.09. The number of fused-ring (bicyclic) bond motifs is 2. The second-order valence-corrected chi connectivity index (χ2v) is 11.1. The lowest BCUT2D eigenvalue weighted by molar-refractivity contribution is -0.384. The molecule has 2 aromatic rings. The van der Waals surface area contributed by atoms with Gasteiger partial charge in [-0.1, -0.05) is 32.5 Å². The molecule has 29 heavy (non-hydrogen) atoms. The Morgan fingerprint density at radius 1 is 1.38 bits per heavy atom. The predicted octanol–water partition coefficient (Wildman–Crippen LogP) is 5.46. The highest BCUT2D eigenvalue weighted by atomic mass is 32.2. The summed E-state index contributed by atoms with van der Waals surface area (Å²) in [5.74, 6) is 0.370. The Morgan fingerprint density at radius 3 is 2.69 bits per heavy atom. The van der Waals surface area contributed by atoms with E-state index in [-0.39, 0.29) is 28.5 Å². The van der Waals surface area contributed by atoms with Crippen molar-refractivity contribution >= 4 is 34.7 Å². The molecule has 3 atom stereocenters. The number of nitrogens with zero attached hydrogens (tertiary/aromatic N) is 2. The van der Waals surface area contributed by atoms with E-state index < -0.39 is 4.92 Å². The van der Waals surface area contributed by atoms with Crippen LogP contribution in [0.1, 0.15) is 56.1 Å². The van der Waals surface area contributed by atoms with Crippen LogP contribution in [-0.2, 0) is 0 Å². The van der Waals surface area contributed by atoms with E-state index in [1.54, 1.807) is 6.07 Å². The predicted molar refractivity (Wildman–Crippen MR) is 115 cm³/mol. The first-order valence-electron chi connectivity index (χ1n) is 9.81. The summed E-state index contributed by atoms with van der Waals surface area (Å²) in [5.41, 5.74) is 1.43. The van der Waals surface area contributed by atoms with Crippen molar-refractivity contribution in [2.45, 2.75) is 62.2 Å². The van der Waals surface area contributed by atoms with Crippen LogP contribution in [0.15, 0.2) is 32.8 Å². The van der Waals surface area contributed by atoms with Crippen molar-refractivity contribution in [1.29, 1.82) is 0 Å². The maximum atomic E-state index is 13.3. The van der Waals surface area contributed by atoms with Gasteiger partial charge in [0.1, 0.15) is 0 Å². The molecule has 2 aliphatic carbocycles. The monoisotopic (exact) mass is 431 g/mol. The van der Waals surface area contributed by atoms with Crippen LogP contribution in [0.2, 0.25) is 0 Å². The summed E-state index contributed by atoms with van der Waals surface area (Å²) in [5, 5.41) is 16.5. The van der Waals surface area contributed by atoms with Gasteiger partial charge in [-0.25, -0.2) is 4.98 Å². The van der Waals surface area contributed by atoms with Gasteiger partial charge in [-0.2, -0.15) is 0 Å². The number of hydrogen-bond donors (Lipinski definition) is 1. The molecule has 4 rings (SSSR count). The van der Waals surface area contributed by atoms with E-state index >= 15 is 0 Å². The number of nitrogens with one attached hydrogen (secondary N) is 1. The number of rotatable bonds is 5. The number of carbonyl (C=O) groups excluding carboxylic acids is 1. The molecular formula is C21H25N3O3S2. The average Bonchev–Trinajstić information content (AvgIpc) is 3.22. The Labute approximate surface area is 178 Å². The van der Waals surface area contributed by atoms with E-state index in [9.17, 15) is 14.9 Å². The highest BCUT2D eigenvalue weighted by Crippen LogP contribution is 2.65. The Bertz CT molecular complexity index is 987. The lowest BCUT2D eigenvalue weighted by atomic mass is 9.69. The highest BCUT2D eigenvalue weighted by molar-refractivity contribution is 8.01. The first-order chi connectivity index (χ1) is 13.6. The number of amides is 1. The number of nitro groups is 1. The molecule has 0 radical (unpaired) electrons. The minimum atomic E-state index is -0.458. The fourth-order valence-electron chi connectivity index (χ4n) is 5.03. The standard InChI is InChI=1S/C21H25N3O3S2/c1-12-11-28-19(22-12)29-16-6-5-14(24(26)27)10-15(16)18(25)23-17-9-13-7-8-21(17,4)20(13,2)3/h5-6,10-11,13,17H,7-9H2,1-4H3,(H,23,25). The Balaban J connectivity index is 1.63. The molecule has 1 aromatic heterocycles. The summed E-state index contributed by atoms with van der Waals surface area (Å²) >= 11 is 2.88. The molecule has 0 saturated heterocycles. The van der Waals surface area contributed by atoms with E-state index in [4.69, 9.17) is 0 Å². The number of nitro benzene ring substituents is 1. The molecule has 0 aliphatic heterocycles. The van der Waals surface area contributed by atoms with Gasteiger partial charge in [-0.3, -0.25) is 14.9 Å². The maximum Gasteiger partial charge on any atom is 0.270 e. The largest absolute Gasteiger partial charge is 0.349 e. The third-order valence-electron chi connectivity index (χ3n) is 7.31. The van der Waals surface area contributed by atoms with Gasteiger partial charge < -0.3 is 5.32 Å². The number of non-ortho nitro benzene ring substituents is 1. The van der Waals surface area contributed by atoms with Gasteiger partial charge in [0.25, 0.3) is 11.6 Å². The zero-order chi connectivity index (χ0) is 21.0. The molecule has 1 aromatic carbocycles.